The topological polar surface area (TPSA) is 67.0 Å². The van der Waals surface area contributed by atoms with Crippen LogP contribution in [0.1, 0.15) is 31.2 Å². The molecule has 194 valence electrons. The van der Waals surface area contributed by atoms with Gasteiger partial charge in [0, 0.05) is 56.8 Å². The Morgan fingerprint density at radius 3 is 2.64 bits per heavy atom. The van der Waals surface area contributed by atoms with E-state index >= 15 is 0 Å². The van der Waals surface area contributed by atoms with Crippen LogP contribution < -0.4 is 10.3 Å². The van der Waals surface area contributed by atoms with Gasteiger partial charge >= 0.3 is 0 Å². The van der Waals surface area contributed by atoms with Gasteiger partial charge in [0.1, 0.15) is 12.5 Å². The van der Waals surface area contributed by atoms with Gasteiger partial charge in [-0.2, -0.15) is 0 Å². The van der Waals surface area contributed by atoms with Gasteiger partial charge in [-0.05, 0) is 62.1 Å². The zero-order chi connectivity index (χ0) is 25.0. The summed E-state index contributed by atoms with van der Waals surface area (Å²) in [6, 6.07) is 19.9. The van der Waals surface area contributed by atoms with Crippen molar-refractivity contribution in [3.63, 3.8) is 0 Å². The highest BCUT2D eigenvalue weighted by molar-refractivity contribution is 5.79. The molecule has 1 aliphatic heterocycles. The van der Waals surface area contributed by atoms with E-state index in [1.807, 2.05) is 24.3 Å². The standard InChI is InChI=1S/C29H39N3O4/c1-34-23-36-26-13-16-31(17-14-26)18-19-32(22-24-7-3-2-4-8-24)15-5-6-20-35-27-10-11-28-25(21-27)9-12-29(33)30-28/h2-4,7-12,21,26H,5-6,13-20,22-23H2,1H3,(H,30,33). The summed E-state index contributed by atoms with van der Waals surface area (Å²) in [4.78, 5) is 19.4. The van der Waals surface area contributed by atoms with Gasteiger partial charge in [0.25, 0.3) is 0 Å². The quantitative estimate of drug-likeness (QED) is 0.267. The number of nitrogens with one attached hydrogen (secondary N) is 1. The second-order valence-corrected chi connectivity index (χ2v) is 9.50. The number of H-pyrrole nitrogens is 1. The zero-order valence-corrected chi connectivity index (χ0v) is 21.4. The van der Waals surface area contributed by atoms with Gasteiger partial charge in [0.15, 0.2) is 0 Å². The normalized spacial score (nSPS) is 15.1. The van der Waals surface area contributed by atoms with E-state index in [2.05, 4.69) is 45.1 Å². The van der Waals surface area contributed by atoms with Crippen LogP contribution in [0.15, 0.2) is 65.5 Å². The average Bonchev–Trinajstić information content (AvgIpc) is 2.91. The van der Waals surface area contributed by atoms with Crippen LogP contribution in [0.2, 0.25) is 0 Å². The van der Waals surface area contributed by atoms with Crippen LogP contribution in [-0.2, 0) is 16.0 Å². The molecule has 2 aromatic carbocycles. The highest BCUT2D eigenvalue weighted by atomic mass is 16.7. The Morgan fingerprint density at radius 2 is 1.83 bits per heavy atom. The fraction of sp³-hybridized carbons (Fsp3) is 0.483. The summed E-state index contributed by atoms with van der Waals surface area (Å²) in [6.45, 7) is 7.40. The van der Waals surface area contributed by atoms with Gasteiger partial charge in [-0.25, -0.2) is 0 Å². The summed E-state index contributed by atoms with van der Waals surface area (Å²) in [7, 11) is 1.68. The fourth-order valence-corrected chi connectivity index (χ4v) is 4.71. The molecule has 0 atom stereocenters. The first-order valence-corrected chi connectivity index (χ1v) is 13.0. The van der Waals surface area contributed by atoms with Crippen LogP contribution >= 0.6 is 0 Å². The van der Waals surface area contributed by atoms with Crippen molar-refractivity contribution in [1.29, 1.82) is 0 Å². The first-order chi connectivity index (χ1) is 17.7. The van der Waals surface area contributed by atoms with Crippen molar-refractivity contribution in [2.75, 3.05) is 53.2 Å². The van der Waals surface area contributed by atoms with E-state index in [1.54, 1.807) is 13.2 Å². The lowest BCUT2D eigenvalue weighted by Gasteiger charge is -2.33. The van der Waals surface area contributed by atoms with Gasteiger partial charge in [0.2, 0.25) is 5.56 Å². The Bertz CT molecular complexity index is 1100. The SMILES string of the molecule is COCOC1CCN(CCN(CCCCOc2ccc3[nH]c(=O)ccc3c2)Cc2ccccc2)CC1. The lowest BCUT2D eigenvalue weighted by atomic mass is 10.1. The van der Waals surface area contributed by atoms with Crippen LogP contribution in [0.5, 0.6) is 5.75 Å². The molecular weight excluding hydrogens is 454 g/mol. The number of aromatic nitrogens is 1. The summed E-state index contributed by atoms with van der Waals surface area (Å²) >= 11 is 0. The number of hydrogen-bond acceptors (Lipinski definition) is 6. The van der Waals surface area contributed by atoms with Crippen molar-refractivity contribution in [1.82, 2.24) is 14.8 Å². The smallest absolute Gasteiger partial charge is 0.248 e. The summed E-state index contributed by atoms with van der Waals surface area (Å²) < 4.78 is 16.8. The van der Waals surface area contributed by atoms with E-state index < -0.39 is 0 Å². The molecule has 3 aromatic rings. The number of ether oxygens (including phenoxy) is 3. The Balaban J connectivity index is 1.21. The van der Waals surface area contributed by atoms with Crippen molar-refractivity contribution < 1.29 is 14.2 Å². The molecule has 0 amide bonds. The van der Waals surface area contributed by atoms with E-state index in [0.29, 0.717) is 19.5 Å². The van der Waals surface area contributed by atoms with E-state index in [4.69, 9.17) is 14.2 Å². The van der Waals surface area contributed by atoms with Crippen LogP contribution in [-0.4, -0.2) is 74.1 Å². The fourth-order valence-electron chi connectivity index (χ4n) is 4.71. The molecule has 1 fully saturated rings. The largest absolute Gasteiger partial charge is 0.494 e. The number of unbranched alkanes of at least 4 members (excludes halogenated alkanes) is 1. The van der Waals surface area contributed by atoms with Crippen LogP contribution in [0.25, 0.3) is 10.9 Å². The molecule has 1 N–H and O–H groups in total. The zero-order valence-electron chi connectivity index (χ0n) is 21.4. The minimum Gasteiger partial charge on any atom is -0.494 e. The molecular formula is C29H39N3O4. The number of rotatable bonds is 14. The number of aromatic amines is 1. The van der Waals surface area contributed by atoms with Crippen molar-refractivity contribution in [2.45, 2.75) is 38.3 Å². The van der Waals surface area contributed by atoms with Crippen molar-refractivity contribution >= 4 is 10.9 Å². The number of methoxy groups -OCH3 is 1. The maximum Gasteiger partial charge on any atom is 0.248 e. The molecule has 36 heavy (non-hydrogen) atoms. The molecule has 1 aromatic heterocycles. The summed E-state index contributed by atoms with van der Waals surface area (Å²) in [5.41, 5.74) is 2.10. The van der Waals surface area contributed by atoms with Gasteiger partial charge < -0.3 is 24.1 Å². The maximum absolute atomic E-state index is 11.5. The summed E-state index contributed by atoms with van der Waals surface area (Å²) in [5, 5.41) is 0.982. The molecule has 0 aliphatic carbocycles. The first-order valence-electron chi connectivity index (χ1n) is 13.0. The molecule has 7 heteroatoms. The van der Waals surface area contributed by atoms with Crippen molar-refractivity contribution in [3.8, 4) is 5.75 Å². The third-order valence-corrected chi connectivity index (χ3v) is 6.77. The second-order valence-electron chi connectivity index (χ2n) is 9.50. The maximum atomic E-state index is 11.5. The Hall–Kier alpha value is -2.71. The Morgan fingerprint density at radius 1 is 1.00 bits per heavy atom. The number of hydrogen-bond donors (Lipinski definition) is 1. The number of piperidine rings is 1. The number of nitrogens with zero attached hydrogens (tertiary/aromatic N) is 2. The molecule has 4 rings (SSSR count). The average molecular weight is 494 g/mol. The molecule has 1 saturated heterocycles. The van der Waals surface area contributed by atoms with Gasteiger partial charge in [-0.3, -0.25) is 9.69 Å². The van der Waals surface area contributed by atoms with Crippen LogP contribution in [0, 0.1) is 0 Å². The minimum absolute atomic E-state index is 0.0863. The Kier molecular flexibility index (Phi) is 10.3. The third-order valence-electron chi connectivity index (χ3n) is 6.77. The minimum atomic E-state index is -0.0863. The Labute approximate surface area is 214 Å². The first kappa shape index (κ1) is 26.4. The molecule has 0 bridgehead atoms. The predicted molar refractivity (Wildman–Crippen MR) is 143 cm³/mol. The van der Waals surface area contributed by atoms with Crippen molar-refractivity contribution in [2.24, 2.45) is 0 Å². The van der Waals surface area contributed by atoms with Gasteiger partial charge in [-0.1, -0.05) is 30.3 Å². The lowest BCUT2D eigenvalue weighted by molar-refractivity contribution is -0.0888. The van der Waals surface area contributed by atoms with E-state index in [9.17, 15) is 4.79 Å². The highest BCUT2D eigenvalue weighted by Gasteiger charge is 2.20. The lowest BCUT2D eigenvalue weighted by Crippen LogP contribution is -2.41. The van der Waals surface area contributed by atoms with Crippen molar-refractivity contribution in [3.05, 3.63) is 76.6 Å². The molecule has 7 nitrogen and oxygen atoms in total. The second kappa shape index (κ2) is 14.1. The molecule has 0 saturated carbocycles. The van der Waals surface area contributed by atoms with E-state index in [-0.39, 0.29) is 5.56 Å². The predicted octanol–water partition coefficient (Wildman–Crippen LogP) is 4.27. The van der Waals surface area contributed by atoms with Crippen LogP contribution in [0.4, 0.5) is 0 Å². The monoisotopic (exact) mass is 493 g/mol. The molecule has 0 unspecified atom stereocenters. The molecule has 0 spiro atoms. The molecule has 1 aliphatic rings. The van der Waals surface area contributed by atoms with Crippen LogP contribution in [0.3, 0.4) is 0 Å². The number of fused-ring (bicyclic) bond motifs is 1. The van der Waals surface area contributed by atoms with Gasteiger partial charge in [-0.15, -0.1) is 0 Å². The number of likely N-dealkylation sites (tertiary alicyclic amines) is 1. The van der Waals surface area contributed by atoms with E-state index in [1.165, 1.54) is 5.56 Å². The number of benzene rings is 2. The highest BCUT2D eigenvalue weighted by Crippen LogP contribution is 2.19. The molecule has 2 heterocycles. The van der Waals surface area contributed by atoms with E-state index in [0.717, 1.165) is 81.6 Å². The third kappa shape index (κ3) is 8.45. The summed E-state index contributed by atoms with van der Waals surface area (Å²) in [5.74, 6) is 0.841. The molecule has 0 radical (unpaired) electrons. The number of pyridine rings is 1. The van der Waals surface area contributed by atoms with Gasteiger partial charge in [0.05, 0.1) is 12.7 Å². The summed E-state index contributed by atoms with van der Waals surface area (Å²) in [6.07, 6.45) is 4.55.